The van der Waals surface area contributed by atoms with Crippen molar-refractivity contribution in [1.82, 2.24) is 19.5 Å². The molecule has 1 fully saturated rings. The highest BCUT2D eigenvalue weighted by atomic mass is 16.5. The average molecular weight is 324 g/mol. The lowest BCUT2D eigenvalue weighted by atomic mass is 10.2. The van der Waals surface area contributed by atoms with Crippen molar-refractivity contribution < 1.29 is 4.74 Å². The number of ether oxygens (including phenoxy) is 1. The van der Waals surface area contributed by atoms with Gasteiger partial charge in [-0.15, -0.1) is 0 Å². The number of hydrogen-bond acceptors (Lipinski definition) is 6. The molecule has 0 bridgehead atoms. The van der Waals surface area contributed by atoms with Gasteiger partial charge in [-0.05, 0) is 26.0 Å². The van der Waals surface area contributed by atoms with E-state index in [-0.39, 0.29) is 6.04 Å². The molecule has 0 radical (unpaired) electrons. The predicted octanol–water partition coefficient (Wildman–Crippen LogP) is 1.93. The molecular weight excluding hydrogens is 304 g/mol. The second-order valence-corrected chi connectivity index (χ2v) is 6.05. The van der Waals surface area contributed by atoms with Crippen LogP contribution in [0.3, 0.4) is 0 Å². The standard InChI is InChI=1S/C17H20N6O/c1-11-10-24-8-7-22(11)16-9-15(18)20-17(21-16)23-12(2)19-13-5-3-4-6-14(13)23/h3-6,9,11H,7-8,10H2,1-2H3,(H2,18,20,21)/t11-/m1/s1. The molecule has 1 saturated heterocycles. The number of rotatable bonds is 2. The number of aryl methyl sites for hydroxylation is 1. The first-order valence-corrected chi connectivity index (χ1v) is 8.07. The number of nitrogen functional groups attached to an aromatic ring is 1. The molecule has 0 amide bonds. The van der Waals surface area contributed by atoms with Crippen molar-refractivity contribution >= 4 is 22.7 Å². The maximum absolute atomic E-state index is 6.07. The average Bonchev–Trinajstić information content (AvgIpc) is 2.90. The maximum atomic E-state index is 6.07. The first-order chi connectivity index (χ1) is 11.6. The monoisotopic (exact) mass is 324 g/mol. The van der Waals surface area contributed by atoms with Crippen molar-refractivity contribution in [1.29, 1.82) is 0 Å². The zero-order valence-corrected chi connectivity index (χ0v) is 13.8. The lowest BCUT2D eigenvalue weighted by molar-refractivity contribution is 0.0985. The van der Waals surface area contributed by atoms with Gasteiger partial charge in [0.05, 0.1) is 30.3 Å². The largest absolute Gasteiger partial charge is 0.383 e. The number of imidazole rings is 1. The number of anilines is 2. The van der Waals surface area contributed by atoms with Gasteiger partial charge >= 0.3 is 0 Å². The fourth-order valence-corrected chi connectivity index (χ4v) is 3.15. The summed E-state index contributed by atoms with van der Waals surface area (Å²) in [6, 6.07) is 10.0. The highest BCUT2D eigenvalue weighted by molar-refractivity contribution is 5.77. The number of aromatic nitrogens is 4. The van der Waals surface area contributed by atoms with Gasteiger partial charge in [0.25, 0.3) is 0 Å². The van der Waals surface area contributed by atoms with Gasteiger partial charge in [-0.3, -0.25) is 4.57 Å². The van der Waals surface area contributed by atoms with Gasteiger partial charge in [0.15, 0.2) is 0 Å². The van der Waals surface area contributed by atoms with Crippen molar-refractivity contribution in [3.63, 3.8) is 0 Å². The summed E-state index contributed by atoms with van der Waals surface area (Å²) in [5, 5.41) is 0. The Kier molecular flexibility index (Phi) is 3.57. The van der Waals surface area contributed by atoms with Crippen LogP contribution in [0.1, 0.15) is 12.7 Å². The summed E-state index contributed by atoms with van der Waals surface area (Å²) in [5.41, 5.74) is 7.96. The SMILES string of the molecule is Cc1nc2ccccc2n1-c1nc(N)cc(N2CCOC[C@H]2C)n1. The Bertz CT molecular complexity index is 890. The summed E-state index contributed by atoms with van der Waals surface area (Å²) in [6.45, 7) is 6.24. The third kappa shape index (κ3) is 2.46. The van der Waals surface area contributed by atoms with Crippen LogP contribution < -0.4 is 10.6 Å². The minimum atomic E-state index is 0.251. The van der Waals surface area contributed by atoms with Crippen LogP contribution in [0, 0.1) is 6.92 Å². The van der Waals surface area contributed by atoms with Crippen LogP contribution in [0.25, 0.3) is 17.0 Å². The van der Waals surface area contributed by atoms with E-state index in [1.54, 1.807) is 0 Å². The van der Waals surface area contributed by atoms with Crippen LogP contribution in [0.15, 0.2) is 30.3 Å². The van der Waals surface area contributed by atoms with Crippen LogP contribution in [-0.2, 0) is 4.74 Å². The molecule has 24 heavy (non-hydrogen) atoms. The van der Waals surface area contributed by atoms with E-state index >= 15 is 0 Å². The molecular formula is C17H20N6O. The first-order valence-electron chi connectivity index (χ1n) is 8.07. The van der Waals surface area contributed by atoms with E-state index in [2.05, 4.69) is 21.8 Å². The van der Waals surface area contributed by atoms with Gasteiger partial charge in [0, 0.05) is 12.6 Å². The van der Waals surface area contributed by atoms with Crippen molar-refractivity contribution in [2.75, 3.05) is 30.4 Å². The van der Waals surface area contributed by atoms with Crippen LogP contribution in [-0.4, -0.2) is 45.3 Å². The Morgan fingerprint density at radius 1 is 1.21 bits per heavy atom. The molecule has 1 aliphatic heterocycles. The summed E-state index contributed by atoms with van der Waals surface area (Å²) >= 11 is 0. The Morgan fingerprint density at radius 3 is 2.88 bits per heavy atom. The lowest BCUT2D eigenvalue weighted by Crippen LogP contribution is -2.44. The van der Waals surface area contributed by atoms with Gasteiger partial charge in [0.1, 0.15) is 17.5 Å². The molecule has 124 valence electrons. The lowest BCUT2D eigenvalue weighted by Gasteiger charge is -2.34. The van der Waals surface area contributed by atoms with Gasteiger partial charge in [-0.2, -0.15) is 9.97 Å². The number of morpholine rings is 1. The highest BCUT2D eigenvalue weighted by Crippen LogP contribution is 2.24. The second kappa shape index (κ2) is 5.76. The van der Waals surface area contributed by atoms with E-state index in [0.29, 0.717) is 25.0 Å². The number of nitrogens with zero attached hydrogens (tertiary/aromatic N) is 5. The molecule has 4 rings (SSSR count). The van der Waals surface area contributed by atoms with Crippen molar-refractivity contribution in [3.05, 3.63) is 36.2 Å². The molecule has 1 aliphatic rings. The molecule has 0 aliphatic carbocycles. The number of hydrogen-bond donors (Lipinski definition) is 1. The number of para-hydroxylation sites is 2. The molecule has 0 saturated carbocycles. The molecule has 3 aromatic rings. The summed E-state index contributed by atoms with van der Waals surface area (Å²) in [4.78, 5) is 16.0. The summed E-state index contributed by atoms with van der Waals surface area (Å²) in [6.07, 6.45) is 0. The quantitative estimate of drug-likeness (QED) is 0.775. The molecule has 3 heterocycles. The molecule has 0 spiro atoms. The van der Waals surface area contributed by atoms with Gasteiger partial charge in [-0.1, -0.05) is 12.1 Å². The van der Waals surface area contributed by atoms with E-state index < -0.39 is 0 Å². The van der Waals surface area contributed by atoms with E-state index in [9.17, 15) is 0 Å². The number of benzene rings is 1. The Labute approximate surface area is 140 Å². The number of fused-ring (bicyclic) bond motifs is 1. The fraction of sp³-hybridized carbons (Fsp3) is 0.353. The molecule has 0 unspecified atom stereocenters. The van der Waals surface area contributed by atoms with Crippen molar-refractivity contribution in [3.8, 4) is 5.95 Å². The normalized spacial score (nSPS) is 18.2. The van der Waals surface area contributed by atoms with E-state index in [1.165, 1.54) is 0 Å². The minimum Gasteiger partial charge on any atom is -0.383 e. The smallest absolute Gasteiger partial charge is 0.239 e. The molecule has 2 aromatic heterocycles. The van der Waals surface area contributed by atoms with E-state index in [0.717, 1.165) is 29.2 Å². The van der Waals surface area contributed by atoms with E-state index in [4.69, 9.17) is 15.5 Å². The zero-order chi connectivity index (χ0) is 16.7. The summed E-state index contributed by atoms with van der Waals surface area (Å²) in [7, 11) is 0. The van der Waals surface area contributed by atoms with Crippen molar-refractivity contribution in [2.45, 2.75) is 19.9 Å². The first kappa shape index (κ1) is 14.9. The Morgan fingerprint density at radius 2 is 2.04 bits per heavy atom. The number of nitrogens with two attached hydrogens (primary N) is 1. The van der Waals surface area contributed by atoms with Gasteiger partial charge < -0.3 is 15.4 Å². The second-order valence-electron chi connectivity index (χ2n) is 6.05. The van der Waals surface area contributed by atoms with Crippen molar-refractivity contribution in [2.24, 2.45) is 0 Å². The maximum Gasteiger partial charge on any atom is 0.239 e. The Hall–Kier alpha value is -2.67. The predicted molar refractivity (Wildman–Crippen MR) is 93.4 cm³/mol. The summed E-state index contributed by atoms with van der Waals surface area (Å²) in [5.74, 6) is 2.66. The topological polar surface area (TPSA) is 82.1 Å². The van der Waals surface area contributed by atoms with Gasteiger partial charge in [0.2, 0.25) is 5.95 Å². The molecule has 2 N–H and O–H groups in total. The minimum absolute atomic E-state index is 0.251. The van der Waals surface area contributed by atoms with E-state index in [1.807, 2.05) is 41.8 Å². The van der Waals surface area contributed by atoms with Crippen LogP contribution in [0.4, 0.5) is 11.6 Å². The third-order valence-corrected chi connectivity index (χ3v) is 4.31. The third-order valence-electron chi connectivity index (χ3n) is 4.31. The molecule has 7 heteroatoms. The molecule has 1 atom stereocenters. The zero-order valence-electron chi connectivity index (χ0n) is 13.8. The Balaban J connectivity index is 1.85. The molecule has 7 nitrogen and oxygen atoms in total. The van der Waals surface area contributed by atoms with Gasteiger partial charge in [-0.25, -0.2) is 4.98 Å². The van der Waals surface area contributed by atoms with Crippen LogP contribution in [0.2, 0.25) is 0 Å². The fourth-order valence-electron chi connectivity index (χ4n) is 3.15. The molecule has 1 aromatic carbocycles. The van der Waals surface area contributed by atoms with Crippen LogP contribution >= 0.6 is 0 Å². The highest BCUT2D eigenvalue weighted by Gasteiger charge is 2.22. The van der Waals surface area contributed by atoms with Crippen LogP contribution in [0.5, 0.6) is 0 Å². The summed E-state index contributed by atoms with van der Waals surface area (Å²) < 4.78 is 7.46.